The Hall–Kier alpha value is -0.440. The van der Waals surface area contributed by atoms with Crippen molar-refractivity contribution in [1.82, 2.24) is 0 Å². The van der Waals surface area contributed by atoms with Gasteiger partial charge < -0.3 is 52.5 Å². The summed E-state index contributed by atoms with van der Waals surface area (Å²) in [7, 11) is 10.8. The molecule has 0 spiro atoms. The van der Waals surface area contributed by atoms with Crippen LogP contribution in [-0.2, 0) is 47.4 Å². The molecule has 2 aliphatic rings. The molecule has 2 fully saturated rings. The zero-order chi connectivity index (χ0) is 22.3. The number of aliphatic hydroxyl groups is 1. The van der Waals surface area contributed by atoms with Crippen LogP contribution in [0.4, 0.5) is 0 Å². The lowest BCUT2D eigenvalue weighted by atomic mass is 9.96. The second-order valence-corrected chi connectivity index (χ2v) is 7.12. The molecule has 0 aromatic rings. The summed E-state index contributed by atoms with van der Waals surface area (Å²) >= 11 is 0. The second kappa shape index (κ2) is 12.6. The number of methoxy groups -OCH3 is 7. The molecule has 11 nitrogen and oxygen atoms in total. The maximum absolute atomic E-state index is 10.3. The SMILES string of the molecule is COC[C@H]1O[C@@H](O)[C@H](OC)[C@H](OC)[C@H]1O[C@@H]1O[C@H](COC)[C@H](OC)[C@H](OC)[C@H]1OC. The topological polar surface area (TPSA) is 113 Å². The van der Waals surface area contributed by atoms with Gasteiger partial charge in [0.2, 0.25) is 0 Å². The van der Waals surface area contributed by atoms with Gasteiger partial charge in [0.1, 0.15) is 48.8 Å². The molecular weight excluding hydrogens is 404 g/mol. The molecule has 2 saturated heterocycles. The average molecular weight is 440 g/mol. The predicted molar refractivity (Wildman–Crippen MR) is 102 cm³/mol. The molecule has 2 aliphatic heterocycles. The molecule has 1 N–H and O–H groups in total. The van der Waals surface area contributed by atoms with Gasteiger partial charge in [0.15, 0.2) is 12.6 Å². The van der Waals surface area contributed by atoms with Crippen LogP contribution in [0.3, 0.4) is 0 Å². The summed E-state index contributed by atoms with van der Waals surface area (Å²) in [6.45, 7) is 0.433. The molecule has 30 heavy (non-hydrogen) atoms. The lowest BCUT2D eigenvalue weighted by Crippen LogP contribution is -2.65. The molecule has 0 bridgehead atoms. The summed E-state index contributed by atoms with van der Waals surface area (Å²) in [5.74, 6) is 0. The van der Waals surface area contributed by atoms with Gasteiger partial charge in [-0.2, -0.15) is 0 Å². The third-order valence-corrected chi connectivity index (χ3v) is 5.51. The molecule has 10 atom stereocenters. The van der Waals surface area contributed by atoms with E-state index in [9.17, 15) is 5.11 Å². The van der Waals surface area contributed by atoms with Crippen LogP contribution in [0.1, 0.15) is 0 Å². The molecule has 0 radical (unpaired) electrons. The number of ether oxygens (including phenoxy) is 10. The first-order valence-corrected chi connectivity index (χ1v) is 9.77. The Balaban J connectivity index is 2.31. The van der Waals surface area contributed by atoms with Crippen LogP contribution in [-0.4, -0.2) is 130 Å². The predicted octanol–water partition coefficient (Wildman–Crippen LogP) is -0.818. The van der Waals surface area contributed by atoms with Crippen molar-refractivity contribution in [2.75, 3.05) is 63.0 Å². The zero-order valence-corrected chi connectivity index (χ0v) is 18.7. The summed E-state index contributed by atoms with van der Waals surface area (Å²) in [5.41, 5.74) is 0. The van der Waals surface area contributed by atoms with Gasteiger partial charge in [0, 0.05) is 49.8 Å². The molecule has 0 aromatic carbocycles. The molecule has 0 aliphatic carbocycles. The van der Waals surface area contributed by atoms with Crippen LogP contribution in [0, 0.1) is 0 Å². The van der Waals surface area contributed by atoms with Gasteiger partial charge in [-0.1, -0.05) is 0 Å². The van der Waals surface area contributed by atoms with Gasteiger partial charge in [-0.15, -0.1) is 0 Å². The average Bonchev–Trinajstić information content (AvgIpc) is 2.74. The van der Waals surface area contributed by atoms with Crippen LogP contribution in [0.2, 0.25) is 0 Å². The van der Waals surface area contributed by atoms with Crippen LogP contribution >= 0.6 is 0 Å². The highest BCUT2D eigenvalue weighted by atomic mass is 16.7. The van der Waals surface area contributed by atoms with Gasteiger partial charge in [0.05, 0.1) is 13.2 Å². The molecule has 0 saturated carbocycles. The summed E-state index contributed by atoms with van der Waals surface area (Å²) in [6, 6.07) is 0. The van der Waals surface area contributed by atoms with Crippen LogP contribution in [0.25, 0.3) is 0 Å². The van der Waals surface area contributed by atoms with E-state index >= 15 is 0 Å². The third-order valence-electron chi connectivity index (χ3n) is 5.51. The van der Waals surface area contributed by atoms with Crippen molar-refractivity contribution in [3.05, 3.63) is 0 Å². The van der Waals surface area contributed by atoms with E-state index in [-0.39, 0.29) is 13.2 Å². The van der Waals surface area contributed by atoms with Crippen LogP contribution in [0.5, 0.6) is 0 Å². The van der Waals surface area contributed by atoms with Crippen molar-refractivity contribution in [3.8, 4) is 0 Å². The largest absolute Gasteiger partial charge is 0.382 e. The van der Waals surface area contributed by atoms with Gasteiger partial charge in [0.25, 0.3) is 0 Å². The van der Waals surface area contributed by atoms with E-state index in [4.69, 9.17) is 47.4 Å². The number of hydrogen-bond donors (Lipinski definition) is 1. The molecular formula is C19H36O11. The van der Waals surface area contributed by atoms with E-state index in [0.717, 1.165) is 0 Å². The maximum Gasteiger partial charge on any atom is 0.187 e. The molecule has 2 rings (SSSR count). The summed E-state index contributed by atoms with van der Waals surface area (Å²) in [5, 5.41) is 10.3. The Morgan fingerprint density at radius 2 is 1.03 bits per heavy atom. The molecule has 178 valence electrons. The van der Waals surface area contributed by atoms with Crippen molar-refractivity contribution in [3.63, 3.8) is 0 Å². The van der Waals surface area contributed by atoms with E-state index in [0.29, 0.717) is 0 Å². The molecule has 11 heteroatoms. The normalized spacial score (nSPS) is 42.4. The van der Waals surface area contributed by atoms with Crippen molar-refractivity contribution >= 4 is 0 Å². The lowest BCUT2D eigenvalue weighted by Gasteiger charge is -2.48. The Morgan fingerprint density at radius 1 is 0.567 bits per heavy atom. The maximum atomic E-state index is 10.3. The minimum Gasteiger partial charge on any atom is -0.382 e. The second-order valence-electron chi connectivity index (χ2n) is 7.12. The number of hydrogen-bond acceptors (Lipinski definition) is 11. The standard InChI is InChI=1S/C19H36O11/c1-21-8-10-12(23-3)14(24-4)17(27-7)19(29-10)30-13-11(9-22-2)28-18(20)16(26-6)15(13)25-5/h10-20H,8-9H2,1-7H3/t10-,11-,12+,13+,14+,15-,16-,17-,18-,19+/m1/s1. The van der Waals surface area contributed by atoms with Crippen molar-refractivity contribution < 1.29 is 52.5 Å². The zero-order valence-electron chi connectivity index (χ0n) is 18.7. The van der Waals surface area contributed by atoms with E-state index in [1.165, 1.54) is 21.3 Å². The smallest absolute Gasteiger partial charge is 0.187 e. The van der Waals surface area contributed by atoms with Crippen molar-refractivity contribution in [2.24, 2.45) is 0 Å². The fourth-order valence-electron chi connectivity index (χ4n) is 4.12. The first-order valence-electron chi connectivity index (χ1n) is 9.77. The minimum absolute atomic E-state index is 0.165. The summed E-state index contributed by atoms with van der Waals surface area (Å²) in [6.07, 6.45) is -6.77. The van der Waals surface area contributed by atoms with Crippen LogP contribution in [0.15, 0.2) is 0 Å². The Bertz CT molecular complexity index is 481. The third kappa shape index (κ3) is 5.48. The molecule has 2 heterocycles. The minimum atomic E-state index is -1.20. The van der Waals surface area contributed by atoms with E-state index in [1.54, 1.807) is 28.4 Å². The molecule has 0 aromatic heterocycles. The van der Waals surface area contributed by atoms with Gasteiger partial charge in [-0.3, -0.25) is 0 Å². The lowest BCUT2D eigenvalue weighted by molar-refractivity contribution is -0.363. The number of aliphatic hydroxyl groups excluding tert-OH is 1. The van der Waals surface area contributed by atoms with Gasteiger partial charge in [-0.05, 0) is 0 Å². The summed E-state index contributed by atoms with van der Waals surface area (Å²) < 4.78 is 56.6. The van der Waals surface area contributed by atoms with Crippen molar-refractivity contribution in [2.45, 2.75) is 61.4 Å². The van der Waals surface area contributed by atoms with E-state index in [1.807, 2.05) is 0 Å². The fourth-order valence-corrected chi connectivity index (χ4v) is 4.12. The first-order chi connectivity index (χ1) is 14.5. The highest BCUT2D eigenvalue weighted by Gasteiger charge is 2.52. The fraction of sp³-hybridized carbons (Fsp3) is 1.00. The monoisotopic (exact) mass is 440 g/mol. The van der Waals surface area contributed by atoms with E-state index < -0.39 is 61.4 Å². The molecule has 0 amide bonds. The quantitative estimate of drug-likeness (QED) is 0.435. The van der Waals surface area contributed by atoms with Gasteiger partial charge in [-0.25, -0.2) is 0 Å². The Labute approximate surface area is 177 Å². The van der Waals surface area contributed by atoms with E-state index in [2.05, 4.69) is 0 Å². The highest BCUT2D eigenvalue weighted by Crippen LogP contribution is 2.33. The molecule has 0 unspecified atom stereocenters. The van der Waals surface area contributed by atoms with Crippen LogP contribution < -0.4 is 0 Å². The first kappa shape index (κ1) is 25.8. The number of rotatable bonds is 11. The Kier molecular flexibility index (Phi) is 10.8. The van der Waals surface area contributed by atoms with Crippen molar-refractivity contribution in [1.29, 1.82) is 0 Å². The highest BCUT2D eigenvalue weighted by molar-refractivity contribution is 4.96. The summed E-state index contributed by atoms with van der Waals surface area (Å²) in [4.78, 5) is 0. The van der Waals surface area contributed by atoms with Gasteiger partial charge >= 0.3 is 0 Å². The Morgan fingerprint density at radius 3 is 1.50 bits per heavy atom.